The van der Waals surface area contributed by atoms with E-state index in [9.17, 15) is 4.39 Å². The maximum atomic E-state index is 13.4. The van der Waals surface area contributed by atoms with Crippen molar-refractivity contribution < 1.29 is 4.39 Å². The van der Waals surface area contributed by atoms with Gasteiger partial charge in [-0.15, -0.1) is 0 Å². The average molecular weight is 290 g/mol. The highest BCUT2D eigenvalue weighted by atomic mass is 35.5. The molecule has 1 aliphatic carbocycles. The van der Waals surface area contributed by atoms with Crippen LogP contribution in [0.1, 0.15) is 36.4 Å². The van der Waals surface area contributed by atoms with Gasteiger partial charge in [0.25, 0.3) is 0 Å². The lowest BCUT2D eigenvalue weighted by molar-refractivity contribution is 0.624. The largest absolute Gasteiger partial charge is 0.377 e. The molecule has 3 rings (SSSR count). The molecule has 0 saturated carbocycles. The average Bonchev–Trinajstić information content (AvgIpc) is 2.66. The summed E-state index contributed by atoms with van der Waals surface area (Å²) < 4.78 is 13.4. The summed E-state index contributed by atoms with van der Waals surface area (Å²) in [5.41, 5.74) is 3.37. The Labute approximate surface area is 123 Å². The van der Waals surface area contributed by atoms with Crippen molar-refractivity contribution in [2.24, 2.45) is 0 Å². The Balaban J connectivity index is 1.92. The predicted molar refractivity (Wildman–Crippen MR) is 81.8 cm³/mol. The number of hydrogen-bond acceptors (Lipinski definition) is 1. The van der Waals surface area contributed by atoms with E-state index in [1.54, 1.807) is 6.07 Å². The van der Waals surface area contributed by atoms with Crippen molar-refractivity contribution >= 4 is 17.3 Å². The van der Waals surface area contributed by atoms with Crippen LogP contribution in [0.15, 0.2) is 42.5 Å². The Bertz CT molecular complexity index is 612. The third-order valence-corrected chi connectivity index (χ3v) is 4.21. The molecule has 3 heteroatoms. The van der Waals surface area contributed by atoms with Crippen LogP contribution in [-0.4, -0.2) is 0 Å². The maximum absolute atomic E-state index is 13.4. The summed E-state index contributed by atoms with van der Waals surface area (Å²) in [6, 6.07) is 13.1. The SMILES string of the molecule is Fc1ccc(Cl)c(NC2CCCCc3ccccc32)c1. The van der Waals surface area contributed by atoms with Crippen molar-refractivity contribution in [1.82, 2.24) is 0 Å². The first-order valence-electron chi connectivity index (χ1n) is 7.03. The van der Waals surface area contributed by atoms with Gasteiger partial charge in [0.05, 0.1) is 16.8 Å². The van der Waals surface area contributed by atoms with E-state index >= 15 is 0 Å². The van der Waals surface area contributed by atoms with Gasteiger partial charge in [0.15, 0.2) is 0 Å². The van der Waals surface area contributed by atoms with Crippen LogP contribution in [0.4, 0.5) is 10.1 Å². The molecule has 0 saturated heterocycles. The number of nitrogens with one attached hydrogen (secondary N) is 1. The highest BCUT2D eigenvalue weighted by Crippen LogP contribution is 2.33. The third-order valence-electron chi connectivity index (χ3n) is 3.88. The molecule has 0 bridgehead atoms. The molecule has 0 aliphatic heterocycles. The number of anilines is 1. The van der Waals surface area contributed by atoms with E-state index in [1.165, 1.54) is 36.1 Å². The topological polar surface area (TPSA) is 12.0 Å². The summed E-state index contributed by atoms with van der Waals surface area (Å²) >= 11 is 6.15. The number of rotatable bonds is 2. The van der Waals surface area contributed by atoms with Crippen molar-refractivity contribution in [2.45, 2.75) is 31.7 Å². The predicted octanol–water partition coefficient (Wildman–Crippen LogP) is 5.36. The Hall–Kier alpha value is -1.54. The Morgan fingerprint density at radius 2 is 1.95 bits per heavy atom. The first-order valence-corrected chi connectivity index (χ1v) is 7.41. The molecule has 1 nitrogen and oxygen atoms in total. The number of aryl methyl sites for hydroxylation is 1. The number of hydrogen-bond donors (Lipinski definition) is 1. The highest BCUT2D eigenvalue weighted by Gasteiger charge is 2.19. The Morgan fingerprint density at radius 1 is 1.10 bits per heavy atom. The Kier molecular flexibility index (Phi) is 3.93. The van der Waals surface area contributed by atoms with Crippen LogP contribution in [0.3, 0.4) is 0 Å². The number of halogens is 2. The molecule has 0 heterocycles. The lowest BCUT2D eigenvalue weighted by Gasteiger charge is -2.21. The van der Waals surface area contributed by atoms with E-state index in [4.69, 9.17) is 11.6 Å². The van der Waals surface area contributed by atoms with Gasteiger partial charge in [-0.3, -0.25) is 0 Å². The van der Waals surface area contributed by atoms with Crippen molar-refractivity contribution in [1.29, 1.82) is 0 Å². The number of fused-ring (bicyclic) bond motifs is 1. The lowest BCUT2D eigenvalue weighted by atomic mass is 9.99. The second-order valence-electron chi connectivity index (χ2n) is 5.27. The minimum absolute atomic E-state index is 0.202. The van der Waals surface area contributed by atoms with Crippen molar-refractivity contribution in [3.63, 3.8) is 0 Å². The summed E-state index contributed by atoms with van der Waals surface area (Å²) in [6.45, 7) is 0. The van der Waals surface area contributed by atoms with E-state index in [2.05, 4.69) is 29.6 Å². The molecule has 1 N–H and O–H groups in total. The lowest BCUT2D eigenvalue weighted by Crippen LogP contribution is -2.11. The van der Waals surface area contributed by atoms with Crippen LogP contribution in [0.25, 0.3) is 0 Å². The van der Waals surface area contributed by atoms with Crippen LogP contribution in [0.2, 0.25) is 5.02 Å². The van der Waals surface area contributed by atoms with Crippen LogP contribution in [-0.2, 0) is 6.42 Å². The fourth-order valence-corrected chi connectivity index (χ4v) is 3.04. The fraction of sp³-hybridized carbons (Fsp3) is 0.294. The minimum atomic E-state index is -0.265. The van der Waals surface area contributed by atoms with E-state index in [1.807, 2.05) is 0 Å². The van der Waals surface area contributed by atoms with E-state index < -0.39 is 0 Å². The molecule has 0 fully saturated rings. The van der Waals surface area contributed by atoms with Crippen molar-refractivity contribution in [3.8, 4) is 0 Å². The van der Waals surface area contributed by atoms with E-state index in [0.29, 0.717) is 10.7 Å². The molecule has 0 spiro atoms. The molecule has 0 amide bonds. The smallest absolute Gasteiger partial charge is 0.125 e. The van der Waals surface area contributed by atoms with Gasteiger partial charge in [-0.05, 0) is 48.6 Å². The summed E-state index contributed by atoms with van der Waals surface area (Å²) in [7, 11) is 0. The molecule has 104 valence electrons. The third kappa shape index (κ3) is 2.80. The molecule has 1 aliphatic rings. The normalized spacial score (nSPS) is 18.2. The summed E-state index contributed by atoms with van der Waals surface area (Å²) in [6.07, 6.45) is 4.53. The van der Waals surface area contributed by atoms with Crippen molar-refractivity contribution in [2.75, 3.05) is 5.32 Å². The van der Waals surface area contributed by atoms with Crippen LogP contribution < -0.4 is 5.32 Å². The molecule has 0 radical (unpaired) electrons. The second kappa shape index (κ2) is 5.84. The molecular formula is C17H17ClFN. The summed E-state index contributed by atoms with van der Waals surface area (Å²) in [4.78, 5) is 0. The van der Waals surface area contributed by atoms with E-state index in [0.717, 1.165) is 12.8 Å². The van der Waals surface area contributed by atoms with Crippen molar-refractivity contribution in [3.05, 3.63) is 64.4 Å². The van der Waals surface area contributed by atoms with Gasteiger partial charge in [-0.25, -0.2) is 4.39 Å². The second-order valence-corrected chi connectivity index (χ2v) is 5.67. The molecule has 1 atom stereocenters. The maximum Gasteiger partial charge on any atom is 0.125 e. The zero-order valence-electron chi connectivity index (χ0n) is 11.2. The first kappa shape index (κ1) is 13.4. The molecule has 20 heavy (non-hydrogen) atoms. The molecule has 1 unspecified atom stereocenters. The van der Waals surface area contributed by atoms with Gasteiger partial charge < -0.3 is 5.32 Å². The zero-order chi connectivity index (χ0) is 13.9. The molecule has 2 aromatic rings. The standard InChI is InChI=1S/C17H17ClFN/c18-15-10-9-13(19)11-17(15)20-16-8-4-2-6-12-5-1-3-7-14(12)16/h1,3,5,7,9-11,16,20H,2,4,6,8H2. The van der Waals surface area contributed by atoms with E-state index in [-0.39, 0.29) is 11.9 Å². The van der Waals surface area contributed by atoms with Gasteiger partial charge in [0.1, 0.15) is 5.82 Å². The zero-order valence-corrected chi connectivity index (χ0v) is 12.0. The number of benzene rings is 2. The van der Waals surface area contributed by atoms with Gasteiger partial charge in [-0.1, -0.05) is 42.3 Å². The summed E-state index contributed by atoms with van der Waals surface area (Å²) in [5, 5.41) is 3.98. The molecular weight excluding hydrogens is 273 g/mol. The summed E-state index contributed by atoms with van der Waals surface area (Å²) in [5.74, 6) is -0.265. The first-order chi connectivity index (χ1) is 9.74. The van der Waals surface area contributed by atoms with Gasteiger partial charge in [-0.2, -0.15) is 0 Å². The van der Waals surface area contributed by atoms with Crippen LogP contribution in [0.5, 0.6) is 0 Å². The van der Waals surface area contributed by atoms with Crippen LogP contribution >= 0.6 is 11.6 Å². The van der Waals surface area contributed by atoms with Gasteiger partial charge >= 0.3 is 0 Å². The molecule has 2 aromatic carbocycles. The monoisotopic (exact) mass is 289 g/mol. The highest BCUT2D eigenvalue weighted by molar-refractivity contribution is 6.33. The quantitative estimate of drug-likeness (QED) is 0.734. The van der Waals surface area contributed by atoms with Crippen LogP contribution in [0, 0.1) is 5.82 Å². The Morgan fingerprint density at radius 3 is 2.85 bits per heavy atom. The van der Waals surface area contributed by atoms with Gasteiger partial charge in [0.2, 0.25) is 0 Å². The minimum Gasteiger partial charge on any atom is -0.377 e. The fourth-order valence-electron chi connectivity index (χ4n) is 2.87. The molecule has 0 aromatic heterocycles. The van der Waals surface area contributed by atoms with Gasteiger partial charge in [0, 0.05) is 0 Å².